The van der Waals surface area contributed by atoms with Gasteiger partial charge in [0, 0.05) is 58.2 Å². The molecule has 1 aromatic carbocycles. The second kappa shape index (κ2) is 6.06. The first-order valence-electron chi connectivity index (χ1n) is 4.61. The molecule has 0 saturated carbocycles. The van der Waals surface area contributed by atoms with Crippen LogP contribution >= 0.6 is 0 Å². The molecule has 0 unspecified atom stereocenters. The van der Waals surface area contributed by atoms with Gasteiger partial charge in [-0.2, -0.15) is 8.42 Å². The molecule has 0 saturated heterocycles. The molecule has 0 fully saturated rings. The van der Waals surface area contributed by atoms with E-state index in [-0.39, 0.29) is 74.7 Å². The van der Waals surface area contributed by atoms with E-state index in [0.717, 1.165) is 5.56 Å². The van der Waals surface area contributed by atoms with Crippen molar-refractivity contribution in [3.63, 3.8) is 0 Å². The Labute approximate surface area is 145 Å². The Bertz CT molecular complexity index is 483. The number of benzene rings is 1. The predicted molar refractivity (Wildman–Crippen MR) is 65.2 cm³/mol. The molecule has 0 bridgehead atoms. The maximum Gasteiger partial charge on any atom is 0.296 e. The molecule has 0 heterocycles. The monoisotopic (exact) mass is 314 g/mol. The van der Waals surface area contributed by atoms with Gasteiger partial charge in [0.15, 0.2) is 0 Å². The molecule has 1 rings (SSSR count). The molecule has 0 spiro atoms. The van der Waals surface area contributed by atoms with Gasteiger partial charge >= 0.3 is 0 Å². The first-order valence-corrected chi connectivity index (χ1v) is 6.05. The van der Waals surface area contributed by atoms with E-state index in [1.165, 1.54) is 6.07 Å². The summed E-state index contributed by atoms with van der Waals surface area (Å²) in [6.45, 7) is 5.74. The molecule has 1 radical (unpaired) electrons. The van der Waals surface area contributed by atoms with Gasteiger partial charge in [0.05, 0.1) is 5.69 Å². The van der Waals surface area contributed by atoms with Crippen molar-refractivity contribution in [3.05, 3.63) is 23.3 Å². The summed E-state index contributed by atoms with van der Waals surface area (Å²) in [5.74, 6) is 0.266. The van der Waals surface area contributed by atoms with E-state index in [0.29, 0.717) is 5.56 Å². The quantitative estimate of drug-likeness (QED) is 0.641. The summed E-state index contributed by atoms with van der Waals surface area (Å²) in [5, 5.41) is 0. The molecule has 0 amide bonds. The summed E-state index contributed by atoms with van der Waals surface area (Å²) < 4.78 is 30.8. The Balaban J connectivity index is 0.00000225. The van der Waals surface area contributed by atoms with Crippen LogP contribution in [0.25, 0.3) is 0 Å². The van der Waals surface area contributed by atoms with Crippen molar-refractivity contribution in [2.75, 3.05) is 5.73 Å². The van der Waals surface area contributed by atoms with Crippen LogP contribution in [-0.2, 0) is 10.1 Å². The third kappa shape index (κ3) is 3.61. The van der Waals surface area contributed by atoms with Crippen molar-refractivity contribution < 1.29 is 13.0 Å². The van der Waals surface area contributed by atoms with E-state index < -0.39 is 10.1 Å². The maximum atomic E-state index is 11.0. The maximum absolute atomic E-state index is 11.0. The van der Waals surface area contributed by atoms with Crippen LogP contribution in [0.2, 0.25) is 0 Å². The summed E-state index contributed by atoms with van der Waals surface area (Å²) in [6.07, 6.45) is 0. The Hall–Kier alpha value is 0.735. The second-order valence-corrected chi connectivity index (χ2v) is 5.21. The molecular weight excluding hydrogens is 300 g/mol. The smallest absolute Gasteiger partial charge is 0.296 e. The van der Waals surface area contributed by atoms with E-state index in [1.54, 1.807) is 13.0 Å². The third-order valence-electron chi connectivity index (χ3n) is 2.42. The molecule has 0 aromatic heterocycles. The SMILES string of the molecule is Cc1c(C(C)C)ccc(S(=O)(=O)O)c1N.[Rb]. The summed E-state index contributed by atoms with van der Waals surface area (Å²) in [5.41, 5.74) is 7.49. The fourth-order valence-electron chi connectivity index (χ4n) is 1.57. The largest absolute Gasteiger partial charge is 0.397 e. The van der Waals surface area contributed by atoms with Gasteiger partial charge in [-0.3, -0.25) is 4.55 Å². The molecule has 1 aromatic rings. The van der Waals surface area contributed by atoms with Crippen LogP contribution in [0.5, 0.6) is 0 Å². The zero-order chi connectivity index (χ0) is 11.8. The number of hydrogen-bond acceptors (Lipinski definition) is 3. The average Bonchev–Trinajstić information content (AvgIpc) is 2.06. The first kappa shape index (κ1) is 16.7. The predicted octanol–water partition coefficient (Wildman–Crippen LogP) is 1.57. The molecule has 3 N–H and O–H groups in total. The van der Waals surface area contributed by atoms with Crippen molar-refractivity contribution in [1.82, 2.24) is 0 Å². The Morgan fingerprint density at radius 1 is 1.31 bits per heavy atom. The number of rotatable bonds is 2. The molecule has 6 heteroatoms. The van der Waals surface area contributed by atoms with Crippen molar-refractivity contribution in [1.29, 1.82) is 0 Å². The Morgan fingerprint density at radius 3 is 2.19 bits per heavy atom. The summed E-state index contributed by atoms with van der Waals surface area (Å²) in [7, 11) is -4.22. The molecule has 85 valence electrons. The van der Waals surface area contributed by atoms with Gasteiger partial charge in [-0.05, 0) is 30.0 Å². The fraction of sp³-hybridized carbons (Fsp3) is 0.400. The van der Waals surface area contributed by atoms with Crippen LogP contribution in [0.1, 0.15) is 30.9 Å². The van der Waals surface area contributed by atoms with Gasteiger partial charge in [0.1, 0.15) is 4.90 Å². The van der Waals surface area contributed by atoms with Crippen LogP contribution in [0.15, 0.2) is 17.0 Å². The minimum atomic E-state index is -4.22. The number of anilines is 1. The third-order valence-corrected chi connectivity index (χ3v) is 3.33. The minimum absolute atomic E-state index is 0. The number of nitrogen functional groups attached to an aromatic ring is 1. The van der Waals surface area contributed by atoms with Gasteiger partial charge in [-0.1, -0.05) is 19.9 Å². The summed E-state index contributed by atoms with van der Waals surface area (Å²) >= 11 is 0. The number of nitrogens with two attached hydrogens (primary N) is 1. The summed E-state index contributed by atoms with van der Waals surface area (Å²) in [6, 6.07) is 3.02. The average molecular weight is 315 g/mol. The topological polar surface area (TPSA) is 80.4 Å². The molecule has 0 aliphatic rings. The van der Waals surface area contributed by atoms with E-state index in [1.807, 2.05) is 13.8 Å². The fourth-order valence-corrected chi connectivity index (χ4v) is 2.24. The molecule has 0 aliphatic carbocycles. The van der Waals surface area contributed by atoms with E-state index in [2.05, 4.69) is 0 Å². The van der Waals surface area contributed by atoms with Crippen LogP contribution in [-0.4, -0.2) is 71.2 Å². The van der Waals surface area contributed by atoms with Crippen molar-refractivity contribution in [2.24, 2.45) is 0 Å². The molecule has 16 heavy (non-hydrogen) atoms. The van der Waals surface area contributed by atoms with E-state index in [9.17, 15) is 8.42 Å². The second-order valence-electron chi connectivity index (χ2n) is 3.82. The standard InChI is InChI=1S/C10H15NO3S.Rb/c1-6(2)8-4-5-9(15(12,13)14)10(11)7(8)3;/h4-6H,11H2,1-3H3,(H,12,13,14);. The van der Waals surface area contributed by atoms with Gasteiger partial charge < -0.3 is 5.73 Å². The zero-order valence-electron chi connectivity index (χ0n) is 9.98. The normalized spacial score (nSPS) is 11.3. The minimum Gasteiger partial charge on any atom is -0.397 e. The molecule has 4 nitrogen and oxygen atoms in total. The number of hydrogen-bond donors (Lipinski definition) is 2. The van der Waals surface area contributed by atoms with Crippen molar-refractivity contribution >= 4 is 74.0 Å². The van der Waals surface area contributed by atoms with Crippen LogP contribution < -0.4 is 5.73 Å². The molecule has 0 aliphatic heterocycles. The van der Waals surface area contributed by atoms with Crippen LogP contribution in [0.4, 0.5) is 5.69 Å². The Kier molecular flexibility index (Phi) is 6.34. The van der Waals surface area contributed by atoms with Crippen molar-refractivity contribution in [3.8, 4) is 0 Å². The molecule has 0 atom stereocenters. The zero-order valence-corrected chi connectivity index (χ0v) is 15.7. The van der Waals surface area contributed by atoms with Gasteiger partial charge in [0.25, 0.3) is 10.1 Å². The van der Waals surface area contributed by atoms with Gasteiger partial charge in [0.2, 0.25) is 0 Å². The van der Waals surface area contributed by atoms with Gasteiger partial charge in [-0.25, -0.2) is 0 Å². The van der Waals surface area contributed by atoms with Crippen LogP contribution in [0.3, 0.4) is 0 Å². The van der Waals surface area contributed by atoms with E-state index >= 15 is 0 Å². The first-order chi connectivity index (χ1) is 6.75. The Morgan fingerprint density at radius 2 is 1.81 bits per heavy atom. The van der Waals surface area contributed by atoms with Gasteiger partial charge in [-0.15, -0.1) is 0 Å². The van der Waals surface area contributed by atoms with E-state index in [4.69, 9.17) is 10.3 Å². The van der Waals surface area contributed by atoms with Crippen LogP contribution in [0, 0.1) is 6.92 Å². The van der Waals surface area contributed by atoms with Crippen molar-refractivity contribution in [2.45, 2.75) is 31.6 Å². The summed E-state index contributed by atoms with van der Waals surface area (Å²) in [4.78, 5) is -0.218. The molecular formula is C10H15NO3RbS.